The first-order valence-electron chi connectivity index (χ1n) is 10.6. The third-order valence-corrected chi connectivity index (χ3v) is 5.63. The minimum absolute atomic E-state index is 0.315. The number of hydrogen-bond acceptors (Lipinski definition) is 3. The van der Waals surface area contributed by atoms with Crippen LogP contribution in [0.3, 0.4) is 0 Å². The van der Waals surface area contributed by atoms with E-state index < -0.39 is 11.6 Å². The van der Waals surface area contributed by atoms with Crippen LogP contribution >= 0.6 is 0 Å². The summed E-state index contributed by atoms with van der Waals surface area (Å²) < 4.78 is 0. The van der Waals surface area contributed by atoms with E-state index >= 15 is 0 Å². The van der Waals surface area contributed by atoms with Crippen molar-refractivity contribution >= 4 is 23.5 Å². The molecule has 2 N–H and O–H groups in total. The first-order valence-corrected chi connectivity index (χ1v) is 10.6. The lowest BCUT2D eigenvalue weighted by Gasteiger charge is -2.27. The van der Waals surface area contributed by atoms with Crippen molar-refractivity contribution in [2.45, 2.75) is 52.0 Å². The Morgan fingerprint density at radius 2 is 1.60 bits per heavy atom. The van der Waals surface area contributed by atoms with E-state index in [1.165, 1.54) is 0 Å². The van der Waals surface area contributed by atoms with Crippen molar-refractivity contribution in [3.05, 3.63) is 65.2 Å². The first-order chi connectivity index (χ1) is 14.5. The topological polar surface area (TPSA) is 78.5 Å². The Balaban J connectivity index is 1.83. The van der Waals surface area contributed by atoms with E-state index in [4.69, 9.17) is 0 Å². The fraction of sp³-hybridized carbons (Fsp3) is 0.375. The molecule has 0 spiro atoms. The smallest absolute Gasteiger partial charge is 0.324 e. The van der Waals surface area contributed by atoms with Gasteiger partial charge in [-0.15, -0.1) is 0 Å². The monoisotopic (exact) mass is 407 g/mol. The Labute approximate surface area is 177 Å². The number of aryl methyl sites for hydroxylation is 2. The van der Waals surface area contributed by atoms with E-state index in [0.717, 1.165) is 40.1 Å². The second kappa shape index (κ2) is 9.11. The van der Waals surface area contributed by atoms with Gasteiger partial charge in [0.15, 0.2) is 0 Å². The molecule has 30 heavy (non-hydrogen) atoms. The molecule has 0 aromatic heterocycles. The fourth-order valence-corrected chi connectivity index (χ4v) is 4.10. The van der Waals surface area contributed by atoms with Crippen molar-refractivity contribution in [1.29, 1.82) is 0 Å². The van der Waals surface area contributed by atoms with Gasteiger partial charge in [0.2, 0.25) is 5.91 Å². The highest BCUT2D eigenvalue weighted by atomic mass is 16.2. The van der Waals surface area contributed by atoms with Gasteiger partial charge in [-0.2, -0.15) is 0 Å². The summed E-state index contributed by atoms with van der Waals surface area (Å²) in [4.78, 5) is 39.9. The van der Waals surface area contributed by atoms with Crippen LogP contribution in [0.25, 0.3) is 0 Å². The van der Waals surface area contributed by atoms with Crippen molar-refractivity contribution in [2.24, 2.45) is 0 Å². The fourth-order valence-electron chi connectivity index (χ4n) is 4.10. The highest BCUT2D eigenvalue weighted by Gasteiger charge is 2.52. The summed E-state index contributed by atoms with van der Waals surface area (Å²) in [5.41, 5.74) is 2.46. The molecule has 0 saturated carbocycles. The molecule has 0 radical (unpaired) electrons. The van der Waals surface area contributed by atoms with Crippen LogP contribution in [0.2, 0.25) is 0 Å². The maximum absolute atomic E-state index is 13.3. The third-order valence-electron chi connectivity index (χ3n) is 5.63. The lowest BCUT2D eigenvalue weighted by Crippen LogP contribution is -2.44. The number of para-hydroxylation sites is 1. The maximum atomic E-state index is 13.3. The number of imide groups is 1. The van der Waals surface area contributed by atoms with Crippen molar-refractivity contribution in [2.75, 3.05) is 11.9 Å². The number of carbonyl (C=O) groups is 3. The lowest BCUT2D eigenvalue weighted by atomic mass is 9.85. The van der Waals surface area contributed by atoms with Gasteiger partial charge in [0.1, 0.15) is 12.1 Å². The summed E-state index contributed by atoms with van der Waals surface area (Å²) in [7, 11) is 0. The quantitative estimate of drug-likeness (QED) is 0.649. The van der Waals surface area contributed by atoms with E-state index in [2.05, 4.69) is 10.6 Å². The second-order valence-corrected chi connectivity index (χ2v) is 7.55. The molecule has 0 aliphatic carbocycles. The van der Waals surface area contributed by atoms with Gasteiger partial charge in [0, 0.05) is 5.69 Å². The molecule has 1 heterocycles. The number of amides is 4. The minimum Gasteiger partial charge on any atom is -0.324 e. The van der Waals surface area contributed by atoms with Crippen LogP contribution in [0.15, 0.2) is 48.5 Å². The molecule has 1 saturated heterocycles. The van der Waals surface area contributed by atoms with E-state index in [1.807, 2.05) is 69.3 Å². The van der Waals surface area contributed by atoms with Gasteiger partial charge in [0.05, 0.1) is 0 Å². The zero-order chi connectivity index (χ0) is 21.7. The van der Waals surface area contributed by atoms with Crippen molar-refractivity contribution in [1.82, 2.24) is 10.2 Å². The van der Waals surface area contributed by atoms with Crippen LogP contribution in [0, 0.1) is 0 Å². The van der Waals surface area contributed by atoms with E-state index in [-0.39, 0.29) is 18.4 Å². The zero-order valence-corrected chi connectivity index (χ0v) is 17.8. The third kappa shape index (κ3) is 3.95. The molecule has 6 nitrogen and oxygen atoms in total. The van der Waals surface area contributed by atoms with E-state index in [9.17, 15) is 14.4 Å². The van der Waals surface area contributed by atoms with Gasteiger partial charge in [-0.3, -0.25) is 14.5 Å². The molecule has 0 bridgehead atoms. The Morgan fingerprint density at radius 3 is 2.17 bits per heavy atom. The number of hydrogen-bond donors (Lipinski definition) is 2. The van der Waals surface area contributed by atoms with Gasteiger partial charge in [-0.1, -0.05) is 75.7 Å². The molecule has 1 atom stereocenters. The Morgan fingerprint density at radius 1 is 0.967 bits per heavy atom. The minimum atomic E-state index is -1.12. The number of nitrogens with zero attached hydrogens (tertiary/aromatic N) is 1. The van der Waals surface area contributed by atoms with Crippen LogP contribution < -0.4 is 10.6 Å². The molecule has 2 aromatic rings. The molecule has 1 aliphatic rings. The van der Waals surface area contributed by atoms with Crippen LogP contribution in [0.1, 0.15) is 50.3 Å². The SMILES string of the molecule is CCCC1(c2ccccc2)NC(=O)N(CC(=O)Nc2c(CC)cccc2CC)C1=O. The number of anilines is 1. The summed E-state index contributed by atoms with van der Waals surface area (Å²) in [6, 6.07) is 14.6. The predicted molar refractivity (Wildman–Crippen MR) is 117 cm³/mol. The molecule has 2 aromatic carbocycles. The van der Waals surface area contributed by atoms with Gasteiger partial charge < -0.3 is 10.6 Å². The van der Waals surface area contributed by atoms with Crippen LogP contribution in [-0.4, -0.2) is 29.3 Å². The number of urea groups is 1. The molecular weight excluding hydrogens is 378 g/mol. The summed E-state index contributed by atoms with van der Waals surface area (Å²) >= 11 is 0. The van der Waals surface area contributed by atoms with Crippen LogP contribution in [0.5, 0.6) is 0 Å². The molecule has 1 unspecified atom stereocenters. The van der Waals surface area contributed by atoms with Crippen molar-refractivity contribution < 1.29 is 14.4 Å². The molecule has 1 aliphatic heterocycles. The molecule has 1 fully saturated rings. The lowest BCUT2D eigenvalue weighted by molar-refractivity contribution is -0.134. The summed E-state index contributed by atoms with van der Waals surface area (Å²) in [5.74, 6) is -0.760. The molecule has 158 valence electrons. The Bertz CT molecular complexity index is 920. The van der Waals surface area contributed by atoms with Gasteiger partial charge in [-0.25, -0.2) is 4.79 Å². The van der Waals surface area contributed by atoms with Gasteiger partial charge in [-0.05, 0) is 36.0 Å². The number of benzene rings is 2. The maximum Gasteiger partial charge on any atom is 0.325 e. The largest absolute Gasteiger partial charge is 0.325 e. The molecule has 4 amide bonds. The average Bonchev–Trinajstić information content (AvgIpc) is 2.99. The van der Waals surface area contributed by atoms with Crippen LogP contribution in [-0.2, 0) is 28.0 Å². The van der Waals surface area contributed by atoms with Gasteiger partial charge in [0.25, 0.3) is 5.91 Å². The molecule has 3 rings (SSSR count). The summed E-state index contributed by atoms with van der Waals surface area (Å²) in [6.45, 7) is 5.71. The number of rotatable bonds is 8. The number of carbonyl (C=O) groups excluding carboxylic acids is 3. The van der Waals surface area contributed by atoms with Gasteiger partial charge >= 0.3 is 6.03 Å². The Kier molecular flexibility index (Phi) is 6.55. The first kappa shape index (κ1) is 21.6. The Hall–Kier alpha value is -3.15. The predicted octanol–water partition coefficient (Wildman–Crippen LogP) is 4.00. The highest BCUT2D eigenvalue weighted by molar-refractivity contribution is 6.10. The average molecular weight is 408 g/mol. The van der Waals surface area contributed by atoms with Crippen LogP contribution in [0.4, 0.5) is 10.5 Å². The van der Waals surface area contributed by atoms with E-state index in [1.54, 1.807) is 0 Å². The summed E-state index contributed by atoms with van der Waals surface area (Å²) in [6.07, 6.45) is 2.74. The normalized spacial score (nSPS) is 18.4. The number of nitrogens with one attached hydrogen (secondary N) is 2. The zero-order valence-electron chi connectivity index (χ0n) is 17.8. The standard InChI is InChI=1S/C24H29N3O3/c1-4-15-24(19-13-8-7-9-14-19)22(29)27(23(30)26-24)16-20(28)25-21-17(5-2)11-10-12-18(21)6-3/h7-14H,4-6,15-16H2,1-3H3,(H,25,28)(H,26,30). The highest BCUT2D eigenvalue weighted by Crippen LogP contribution is 2.33. The van der Waals surface area contributed by atoms with Crippen molar-refractivity contribution in [3.63, 3.8) is 0 Å². The molecular formula is C24H29N3O3. The summed E-state index contributed by atoms with van der Waals surface area (Å²) in [5, 5.41) is 5.79. The second-order valence-electron chi connectivity index (χ2n) is 7.55. The molecule has 6 heteroatoms. The van der Waals surface area contributed by atoms with E-state index in [0.29, 0.717) is 12.8 Å². The van der Waals surface area contributed by atoms with Crippen molar-refractivity contribution in [3.8, 4) is 0 Å².